The molecule has 1 heterocycles. The van der Waals surface area contributed by atoms with Gasteiger partial charge in [-0.25, -0.2) is 0 Å². The number of aliphatic hydroxyl groups excluding tert-OH is 1. The minimum absolute atomic E-state index is 0.471. The molecule has 0 spiro atoms. The van der Waals surface area contributed by atoms with E-state index < -0.39 is 6.10 Å². The van der Waals surface area contributed by atoms with E-state index in [0.29, 0.717) is 5.02 Å². The molecular formula is C15H23ClN2O. The van der Waals surface area contributed by atoms with Crippen molar-refractivity contribution < 1.29 is 5.11 Å². The first-order chi connectivity index (χ1) is 9.08. The second kappa shape index (κ2) is 6.60. The quantitative estimate of drug-likeness (QED) is 0.900. The van der Waals surface area contributed by atoms with Crippen molar-refractivity contribution in [2.45, 2.75) is 25.9 Å². The van der Waals surface area contributed by atoms with E-state index in [1.54, 1.807) is 6.92 Å². The minimum atomic E-state index is -0.471. The number of hydrogen-bond acceptors (Lipinski definition) is 3. The summed E-state index contributed by atoms with van der Waals surface area (Å²) in [5.41, 5.74) is 1.90. The molecule has 1 aliphatic rings. The lowest BCUT2D eigenvalue weighted by Crippen LogP contribution is -2.31. The third-order valence-electron chi connectivity index (χ3n) is 3.82. The molecule has 1 saturated heterocycles. The molecule has 4 heteroatoms. The van der Waals surface area contributed by atoms with Crippen molar-refractivity contribution >= 4 is 17.3 Å². The summed E-state index contributed by atoms with van der Waals surface area (Å²) < 4.78 is 0. The number of rotatable bonds is 5. The van der Waals surface area contributed by atoms with Crippen LogP contribution in [-0.2, 0) is 0 Å². The van der Waals surface area contributed by atoms with Crippen LogP contribution < -0.4 is 4.90 Å². The van der Waals surface area contributed by atoms with Crippen LogP contribution in [0.25, 0.3) is 0 Å². The molecule has 2 rings (SSSR count). The Morgan fingerprint density at radius 3 is 2.63 bits per heavy atom. The van der Waals surface area contributed by atoms with Crippen LogP contribution >= 0.6 is 11.6 Å². The molecular weight excluding hydrogens is 260 g/mol. The van der Waals surface area contributed by atoms with Gasteiger partial charge in [0, 0.05) is 20.1 Å². The third-order valence-corrected chi connectivity index (χ3v) is 4.12. The fraction of sp³-hybridized carbons (Fsp3) is 0.600. The zero-order chi connectivity index (χ0) is 13.8. The summed E-state index contributed by atoms with van der Waals surface area (Å²) in [6, 6.07) is 5.79. The fourth-order valence-corrected chi connectivity index (χ4v) is 2.84. The largest absolute Gasteiger partial charge is 0.389 e. The van der Waals surface area contributed by atoms with Crippen LogP contribution in [0.15, 0.2) is 18.2 Å². The van der Waals surface area contributed by atoms with Crippen LogP contribution in [0.5, 0.6) is 0 Å². The van der Waals surface area contributed by atoms with E-state index in [2.05, 4.69) is 16.8 Å². The van der Waals surface area contributed by atoms with E-state index in [1.165, 1.54) is 25.9 Å². The molecule has 0 amide bonds. The van der Waals surface area contributed by atoms with Crippen LogP contribution in [0, 0.1) is 0 Å². The molecule has 0 aliphatic carbocycles. The van der Waals surface area contributed by atoms with Gasteiger partial charge in [0.25, 0.3) is 0 Å². The van der Waals surface area contributed by atoms with Crippen molar-refractivity contribution in [2.24, 2.45) is 0 Å². The fourth-order valence-electron chi connectivity index (χ4n) is 2.51. The number of hydrogen-bond donors (Lipinski definition) is 1. The molecule has 1 N–H and O–H groups in total. The van der Waals surface area contributed by atoms with Crippen molar-refractivity contribution in [3.8, 4) is 0 Å². The highest BCUT2D eigenvalue weighted by Gasteiger charge is 2.13. The Balaban J connectivity index is 1.96. The highest BCUT2D eigenvalue weighted by molar-refractivity contribution is 6.33. The molecule has 1 aromatic rings. The van der Waals surface area contributed by atoms with Gasteiger partial charge in [-0.05, 0) is 50.6 Å². The summed E-state index contributed by atoms with van der Waals surface area (Å²) in [5.74, 6) is 0. The number of likely N-dealkylation sites (tertiary alicyclic amines) is 1. The average Bonchev–Trinajstić information content (AvgIpc) is 2.88. The molecule has 0 aromatic heterocycles. The van der Waals surface area contributed by atoms with Gasteiger partial charge in [0.2, 0.25) is 0 Å². The van der Waals surface area contributed by atoms with Crippen LogP contribution in [-0.4, -0.2) is 43.2 Å². The number of anilines is 1. The van der Waals surface area contributed by atoms with Crippen molar-refractivity contribution in [3.05, 3.63) is 28.8 Å². The number of halogens is 1. The molecule has 0 unspecified atom stereocenters. The maximum Gasteiger partial charge on any atom is 0.0762 e. The van der Waals surface area contributed by atoms with Gasteiger partial charge in [-0.15, -0.1) is 0 Å². The lowest BCUT2D eigenvalue weighted by atomic mass is 10.1. The molecule has 1 fully saturated rings. The Bertz CT molecular complexity index is 417. The standard InChI is InChI=1S/C15H23ClN2O/c1-12(19)13-5-6-15(14(16)11-13)17(2)9-10-18-7-3-4-8-18/h5-6,11-12,19H,3-4,7-10H2,1-2H3/t12-/m1/s1. The molecule has 1 aliphatic heterocycles. The van der Waals surface area contributed by atoms with E-state index in [4.69, 9.17) is 11.6 Å². The number of aliphatic hydroxyl groups is 1. The van der Waals surface area contributed by atoms with Crippen molar-refractivity contribution in [3.63, 3.8) is 0 Å². The van der Waals surface area contributed by atoms with Gasteiger partial charge in [0.15, 0.2) is 0 Å². The SMILES string of the molecule is C[C@@H](O)c1ccc(N(C)CCN2CCCC2)c(Cl)c1. The lowest BCUT2D eigenvalue weighted by molar-refractivity contribution is 0.199. The Kier molecular flexibility index (Phi) is 5.08. The number of likely N-dealkylation sites (N-methyl/N-ethyl adjacent to an activating group) is 1. The zero-order valence-electron chi connectivity index (χ0n) is 11.8. The van der Waals surface area contributed by atoms with Crippen LogP contribution in [0.1, 0.15) is 31.4 Å². The molecule has 1 atom stereocenters. The van der Waals surface area contributed by atoms with Crippen molar-refractivity contribution in [1.82, 2.24) is 4.90 Å². The zero-order valence-corrected chi connectivity index (χ0v) is 12.5. The van der Waals surface area contributed by atoms with E-state index in [0.717, 1.165) is 24.3 Å². The van der Waals surface area contributed by atoms with Gasteiger partial charge >= 0.3 is 0 Å². The van der Waals surface area contributed by atoms with Gasteiger partial charge in [-0.1, -0.05) is 17.7 Å². The monoisotopic (exact) mass is 282 g/mol. The second-order valence-electron chi connectivity index (χ2n) is 5.36. The lowest BCUT2D eigenvalue weighted by Gasteiger charge is -2.24. The summed E-state index contributed by atoms with van der Waals surface area (Å²) in [7, 11) is 2.07. The molecule has 3 nitrogen and oxygen atoms in total. The van der Waals surface area contributed by atoms with Gasteiger partial charge in [-0.2, -0.15) is 0 Å². The summed E-state index contributed by atoms with van der Waals surface area (Å²) in [6.07, 6.45) is 2.18. The smallest absolute Gasteiger partial charge is 0.0762 e. The average molecular weight is 283 g/mol. The van der Waals surface area contributed by atoms with E-state index >= 15 is 0 Å². The van der Waals surface area contributed by atoms with Crippen LogP contribution in [0.4, 0.5) is 5.69 Å². The van der Waals surface area contributed by atoms with Gasteiger partial charge < -0.3 is 14.9 Å². The molecule has 1 aromatic carbocycles. The second-order valence-corrected chi connectivity index (χ2v) is 5.76. The number of nitrogens with zero attached hydrogens (tertiary/aromatic N) is 2. The van der Waals surface area contributed by atoms with E-state index in [-0.39, 0.29) is 0 Å². The van der Waals surface area contributed by atoms with Crippen molar-refractivity contribution in [1.29, 1.82) is 0 Å². The Morgan fingerprint density at radius 1 is 1.37 bits per heavy atom. The third kappa shape index (κ3) is 3.85. The summed E-state index contributed by atoms with van der Waals surface area (Å²) >= 11 is 6.30. The van der Waals surface area contributed by atoms with Crippen LogP contribution in [0.2, 0.25) is 5.02 Å². The predicted octanol–water partition coefficient (Wildman–Crippen LogP) is 2.93. The van der Waals surface area contributed by atoms with Crippen LogP contribution in [0.3, 0.4) is 0 Å². The highest BCUT2D eigenvalue weighted by atomic mass is 35.5. The van der Waals surface area contributed by atoms with E-state index in [9.17, 15) is 5.11 Å². The highest BCUT2D eigenvalue weighted by Crippen LogP contribution is 2.28. The Morgan fingerprint density at radius 2 is 2.05 bits per heavy atom. The van der Waals surface area contributed by atoms with E-state index in [1.807, 2.05) is 18.2 Å². The first kappa shape index (κ1) is 14.6. The maximum atomic E-state index is 9.55. The van der Waals surface area contributed by atoms with Crippen molar-refractivity contribution in [2.75, 3.05) is 38.1 Å². The summed E-state index contributed by atoms with van der Waals surface area (Å²) in [4.78, 5) is 4.68. The molecule has 0 radical (unpaired) electrons. The molecule has 0 bridgehead atoms. The first-order valence-electron chi connectivity index (χ1n) is 6.99. The summed E-state index contributed by atoms with van der Waals surface area (Å²) in [5, 5.41) is 10.3. The Hall–Kier alpha value is -0.770. The minimum Gasteiger partial charge on any atom is -0.389 e. The summed E-state index contributed by atoms with van der Waals surface area (Å²) in [6.45, 7) is 6.27. The predicted molar refractivity (Wildman–Crippen MR) is 81.0 cm³/mol. The first-order valence-corrected chi connectivity index (χ1v) is 7.36. The maximum absolute atomic E-state index is 9.55. The molecule has 106 valence electrons. The van der Waals surface area contributed by atoms with Gasteiger partial charge in [0.05, 0.1) is 16.8 Å². The number of benzene rings is 1. The van der Waals surface area contributed by atoms with Gasteiger partial charge in [-0.3, -0.25) is 0 Å². The molecule has 19 heavy (non-hydrogen) atoms. The Labute approximate surface area is 120 Å². The topological polar surface area (TPSA) is 26.7 Å². The van der Waals surface area contributed by atoms with Gasteiger partial charge in [0.1, 0.15) is 0 Å². The molecule has 0 saturated carbocycles. The normalized spacial score (nSPS) is 17.7.